The number of carboxylic acids is 1. The molecule has 0 aliphatic heterocycles. The Morgan fingerprint density at radius 3 is 2.79 bits per heavy atom. The number of H-pyrrole nitrogens is 1. The first-order valence-electron chi connectivity index (χ1n) is 3.66. The van der Waals surface area contributed by atoms with E-state index < -0.39 is 5.97 Å². The van der Waals surface area contributed by atoms with Crippen LogP contribution in [0.25, 0.3) is 10.9 Å². The van der Waals surface area contributed by atoms with Crippen LogP contribution in [0.5, 0.6) is 0 Å². The van der Waals surface area contributed by atoms with Gasteiger partial charge in [-0.2, -0.15) is 0 Å². The van der Waals surface area contributed by atoms with Crippen LogP contribution in [0.2, 0.25) is 0 Å². The summed E-state index contributed by atoms with van der Waals surface area (Å²) in [6.45, 7) is 0. The largest absolute Gasteiger partial charge is 0.478 e. The van der Waals surface area contributed by atoms with E-state index in [-0.39, 0.29) is 5.56 Å². The average Bonchev–Trinajstić information content (AvgIpc) is 2.51. The van der Waals surface area contributed by atoms with Crippen molar-refractivity contribution in [3.8, 4) is 0 Å². The zero-order valence-electron chi connectivity index (χ0n) is 6.71. The van der Waals surface area contributed by atoms with Crippen molar-refractivity contribution in [1.82, 2.24) is 9.97 Å². The molecular weight excluding hydrogens is 316 g/mol. The Hall–Kier alpha value is -0.880. The van der Waals surface area contributed by atoms with Gasteiger partial charge in [-0.25, -0.2) is 9.78 Å². The lowest BCUT2D eigenvalue weighted by molar-refractivity contribution is 0.0697. The van der Waals surface area contributed by atoms with Gasteiger partial charge in [0, 0.05) is 11.6 Å². The van der Waals surface area contributed by atoms with Crippen molar-refractivity contribution in [2.75, 3.05) is 0 Å². The average molecular weight is 320 g/mol. The molecule has 0 atom stereocenters. The minimum Gasteiger partial charge on any atom is -0.478 e. The van der Waals surface area contributed by atoms with Crippen LogP contribution in [-0.4, -0.2) is 21.0 Å². The summed E-state index contributed by atoms with van der Waals surface area (Å²) in [6.07, 6.45) is 1.68. The number of halogens is 2. The summed E-state index contributed by atoms with van der Waals surface area (Å²) in [5.41, 5.74) is 0.708. The van der Waals surface area contributed by atoms with Crippen molar-refractivity contribution < 1.29 is 9.90 Å². The quantitative estimate of drug-likeness (QED) is 0.794. The van der Waals surface area contributed by atoms with Crippen molar-refractivity contribution in [3.63, 3.8) is 0 Å². The van der Waals surface area contributed by atoms with Gasteiger partial charge in [-0.3, -0.25) is 0 Å². The van der Waals surface area contributed by atoms with Gasteiger partial charge in [0.1, 0.15) is 14.8 Å². The fraction of sp³-hybridized carbons (Fsp3) is 0. The summed E-state index contributed by atoms with van der Waals surface area (Å²) in [7, 11) is 0. The van der Waals surface area contributed by atoms with Crippen LogP contribution in [0.4, 0.5) is 0 Å². The van der Waals surface area contributed by atoms with Gasteiger partial charge < -0.3 is 10.1 Å². The minimum atomic E-state index is -1.01. The fourth-order valence-corrected chi connectivity index (χ4v) is 2.54. The summed E-state index contributed by atoms with van der Waals surface area (Å²) in [6, 6.07) is 1.77. The molecule has 4 nitrogen and oxygen atoms in total. The van der Waals surface area contributed by atoms with Gasteiger partial charge in [0.15, 0.2) is 0 Å². The lowest BCUT2D eigenvalue weighted by Crippen LogP contribution is -2.01. The van der Waals surface area contributed by atoms with Crippen LogP contribution in [-0.2, 0) is 0 Å². The number of nitrogens with zero attached hydrogens (tertiary/aromatic N) is 1. The molecule has 0 radical (unpaired) electrons. The predicted molar refractivity (Wildman–Crippen MR) is 58.5 cm³/mol. The maximum absolute atomic E-state index is 10.9. The van der Waals surface area contributed by atoms with E-state index in [4.69, 9.17) is 5.11 Å². The molecule has 72 valence electrons. The van der Waals surface area contributed by atoms with Gasteiger partial charge in [0.25, 0.3) is 0 Å². The molecule has 14 heavy (non-hydrogen) atoms. The summed E-state index contributed by atoms with van der Waals surface area (Å²) < 4.78 is 0.928. The number of fused-ring (bicyclic) bond motifs is 1. The Balaban J connectivity index is 2.93. The van der Waals surface area contributed by atoms with Crippen LogP contribution in [0.3, 0.4) is 0 Å². The van der Waals surface area contributed by atoms with Gasteiger partial charge in [-0.15, -0.1) is 0 Å². The monoisotopic (exact) mass is 318 g/mol. The molecule has 0 fully saturated rings. The smallest absolute Gasteiger partial charge is 0.340 e. The number of pyridine rings is 1. The molecule has 2 aromatic rings. The molecule has 0 bridgehead atoms. The third kappa shape index (κ3) is 1.34. The van der Waals surface area contributed by atoms with Gasteiger partial charge in [0.2, 0.25) is 0 Å². The lowest BCUT2D eigenvalue weighted by Gasteiger charge is -2.01. The van der Waals surface area contributed by atoms with Crippen LogP contribution < -0.4 is 0 Å². The number of carboxylic acid groups (broad SMARTS) is 1. The number of nitrogens with one attached hydrogen (secondary N) is 1. The molecule has 2 N–H and O–H groups in total. The first-order valence-corrected chi connectivity index (χ1v) is 5.25. The zero-order valence-corrected chi connectivity index (χ0v) is 9.89. The number of aromatic carboxylic acids is 1. The first-order chi connectivity index (χ1) is 6.61. The number of aromatic nitrogens is 2. The molecule has 0 saturated carbocycles. The first kappa shape index (κ1) is 9.67. The maximum atomic E-state index is 10.9. The van der Waals surface area contributed by atoms with E-state index in [1.165, 1.54) is 0 Å². The molecule has 0 aromatic carbocycles. The van der Waals surface area contributed by atoms with Crippen LogP contribution in [0.15, 0.2) is 21.5 Å². The van der Waals surface area contributed by atoms with Gasteiger partial charge in [-0.1, -0.05) is 0 Å². The zero-order chi connectivity index (χ0) is 10.3. The third-order valence-corrected chi connectivity index (χ3v) is 3.01. The van der Waals surface area contributed by atoms with E-state index in [1.807, 2.05) is 0 Å². The molecule has 2 heterocycles. The van der Waals surface area contributed by atoms with Gasteiger partial charge >= 0.3 is 5.97 Å². The fourth-order valence-electron chi connectivity index (χ4n) is 1.25. The number of hydrogen-bond donors (Lipinski definition) is 2. The van der Waals surface area contributed by atoms with Crippen molar-refractivity contribution in [2.24, 2.45) is 0 Å². The number of carbonyl (C=O) groups is 1. The second-order valence-corrected chi connectivity index (χ2v) is 4.14. The van der Waals surface area contributed by atoms with E-state index in [0.29, 0.717) is 14.7 Å². The number of hydrogen-bond acceptors (Lipinski definition) is 2. The molecule has 0 amide bonds. The Kier molecular flexibility index (Phi) is 2.32. The Labute approximate surface area is 95.6 Å². The van der Waals surface area contributed by atoms with Crippen LogP contribution in [0.1, 0.15) is 10.4 Å². The van der Waals surface area contributed by atoms with Crippen LogP contribution >= 0.6 is 31.9 Å². The minimum absolute atomic E-state index is 0.146. The van der Waals surface area contributed by atoms with Crippen molar-refractivity contribution in [3.05, 3.63) is 27.0 Å². The molecular formula is C8H4Br2N2O2. The highest BCUT2D eigenvalue weighted by molar-refractivity contribution is 9.11. The summed E-state index contributed by atoms with van der Waals surface area (Å²) >= 11 is 6.37. The molecule has 6 heteroatoms. The molecule has 0 spiro atoms. The van der Waals surface area contributed by atoms with Gasteiger partial charge in [0.05, 0.1) is 5.52 Å². The van der Waals surface area contributed by atoms with E-state index in [9.17, 15) is 4.79 Å². The SMILES string of the molecule is O=C(O)c1c(Br)nc(Br)c2cc[nH]c12. The van der Waals surface area contributed by atoms with E-state index >= 15 is 0 Å². The molecule has 2 rings (SSSR count). The molecule has 0 saturated heterocycles. The Morgan fingerprint density at radius 2 is 2.14 bits per heavy atom. The van der Waals surface area contributed by atoms with Crippen LogP contribution in [0, 0.1) is 0 Å². The number of rotatable bonds is 1. The normalized spacial score (nSPS) is 10.7. The van der Waals surface area contributed by atoms with E-state index in [1.54, 1.807) is 12.3 Å². The highest BCUT2D eigenvalue weighted by Gasteiger charge is 2.17. The lowest BCUT2D eigenvalue weighted by atomic mass is 10.2. The standard InChI is InChI=1S/C8H4Br2N2O2/c9-6-3-1-2-11-5(3)4(8(13)14)7(10)12-6/h1-2,11H,(H,13,14). The summed E-state index contributed by atoms with van der Waals surface area (Å²) in [4.78, 5) is 17.8. The summed E-state index contributed by atoms with van der Waals surface area (Å²) in [5, 5.41) is 9.72. The van der Waals surface area contributed by atoms with Crippen molar-refractivity contribution in [2.45, 2.75) is 0 Å². The topological polar surface area (TPSA) is 66.0 Å². The molecule has 2 aromatic heterocycles. The summed E-state index contributed by atoms with van der Waals surface area (Å²) in [5.74, 6) is -1.01. The molecule has 0 aliphatic carbocycles. The molecule has 0 aliphatic rings. The Morgan fingerprint density at radius 1 is 1.43 bits per heavy atom. The highest BCUT2D eigenvalue weighted by atomic mass is 79.9. The maximum Gasteiger partial charge on any atom is 0.340 e. The second-order valence-electron chi connectivity index (χ2n) is 2.64. The van der Waals surface area contributed by atoms with Gasteiger partial charge in [-0.05, 0) is 37.9 Å². The second kappa shape index (κ2) is 3.36. The van der Waals surface area contributed by atoms with Crippen molar-refractivity contribution >= 4 is 48.7 Å². The van der Waals surface area contributed by atoms with E-state index in [2.05, 4.69) is 41.8 Å². The van der Waals surface area contributed by atoms with Crippen molar-refractivity contribution in [1.29, 1.82) is 0 Å². The van der Waals surface area contributed by atoms with E-state index in [0.717, 1.165) is 5.39 Å². The Bertz CT molecular complexity index is 521. The number of aromatic amines is 1. The molecule has 0 unspecified atom stereocenters. The predicted octanol–water partition coefficient (Wildman–Crippen LogP) is 2.79. The highest BCUT2D eigenvalue weighted by Crippen LogP contribution is 2.29. The third-order valence-electron chi connectivity index (χ3n) is 1.84.